The van der Waals surface area contributed by atoms with E-state index in [-0.39, 0.29) is 12.8 Å². The van der Waals surface area contributed by atoms with Crippen LogP contribution in [0.4, 0.5) is 8.78 Å². The standard InChI is InChI=1S/C21H34F2.C2H6/c1-3-5-14-12-15-13-21(22,23)11-8-16(15)17-7-10-20(2)9-4-6-18(20)19(14)17;1-2/h14-19H,3-13H2,1-2H3;1-2H3/t14-,15?,16?,17?,18+,19?,20?;/m1./s1. The van der Waals surface area contributed by atoms with Crippen LogP contribution in [0.15, 0.2) is 0 Å². The second-order valence-corrected chi connectivity index (χ2v) is 9.74. The van der Waals surface area contributed by atoms with Crippen LogP contribution < -0.4 is 0 Å². The van der Waals surface area contributed by atoms with Crippen LogP contribution in [0.5, 0.6) is 0 Å². The highest BCUT2D eigenvalue weighted by Gasteiger charge is 2.57. The molecular formula is C23H40F2. The van der Waals surface area contributed by atoms with Gasteiger partial charge in [0.1, 0.15) is 0 Å². The molecule has 25 heavy (non-hydrogen) atoms. The maximum atomic E-state index is 14.0. The minimum Gasteiger partial charge on any atom is -0.207 e. The molecule has 4 fully saturated rings. The van der Waals surface area contributed by atoms with Crippen molar-refractivity contribution in [2.45, 2.75) is 104 Å². The fourth-order valence-corrected chi connectivity index (χ4v) is 7.69. The molecule has 0 aromatic rings. The molecule has 0 aromatic heterocycles. The summed E-state index contributed by atoms with van der Waals surface area (Å²) in [7, 11) is 0. The third-order valence-corrected chi connectivity index (χ3v) is 8.53. The summed E-state index contributed by atoms with van der Waals surface area (Å²) in [4.78, 5) is 0. The molecule has 2 heteroatoms. The van der Waals surface area contributed by atoms with Gasteiger partial charge in [-0.25, -0.2) is 8.78 Å². The fourth-order valence-electron chi connectivity index (χ4n) is 7.69. The van der Waals surface area contributed by atoms with Crippen LogP contribution in [0.25, 0.3) is 0 Å². The van der Waals surface area contributed by atoms with Crippen LogP contribution in [0.2, 0.25) is 0 Å². The lowest BCUT2D eigenvalue weighted by atomic mass is 9.47. The smallest absolute Gasteiger partial charge is 0.207 e. The molecular weight excluding hydrogens is 314 g/mol. The first kappa shape index (κ1) is 19.6. The van der Waals surface area contributed by atoms with E-state index >= 15 is 0 Å². The zero-order chi connectivity index (χ0) is 18.2. The van der Waals surface area contributed by atoms with Crippen molar-refractivity contribution in [3.8, 4) is 0 Å². The Morgan fingerprint density at radius 2 is 1.68 bits per heavy atom. The summed E-state index contributed by atoms with van der Waals surface area (Å²) in [6.45, 7) is 8.83. The fraction of sp³-hybridized carbons (Fsp3) is 1.00. The van der Waals surface area contributed by atoms with Crippen LogP contribution in [0, 0.1) is 40.9 Å². The zero-order valence-electron chi connectivity index (χ0n) is 17.0. The largest absolute Gasteiger partial charge is 0.248 e. The summed E-state index contributed by atoms with van der Waals surface area (Å²) >= 11 is 0. The van der Waals surface area contributed by atoms with Gasteiger partial charge in [-0.05, 0) is 79.4 Å². The van der Waals surface area contributed by atoms with Crippen molar-refractivity contribution >= 4 is 0 Å². The highest BCUT2D eigenvalue weighted by Crippen LogP contribution is 2.65. The van der Waals surface area contributed by atoms with Gasteiger partial charge >= 0.3 is 0 Å². The third-order valence-electron chi connectivity index (χ3n) is 8.53. The second kappa shape index (κ2) is 7.47. The monoisotopic (exact) mass is 354 g/mol. The van der Waals surface area contributed by atoms with E-state index in [1.54, 1.807) is 0 Å². The van der Waals surface area contributed by atoms with E-state index < -0.39 is 5.92 Å². The molecule has 0 nitrogen and oxygen atoms in total. The van der Waals surface area contributed by atoms with Gasteiger partial charge in [0.15, 0.2) is 0 Å². The van der Waals surface area contributed by atoms with Gasteiger partial charge in [0.25, 0.3) is 0 Å². The van der Waals surface area contributed by atoms with Gasteiger partial charge in [0, 0.05) is 12.8 Å². The van der Waals surface area contributed by atoms with Gasteiger partial charge in [0.2, 0.25) is 5.92 Å². The summed E-state index contributed by atoms with van der Waals surface area (Å²) in [6.07, 6.45) is 11.8. The molecule has 146 valence electrons. The minimum atomic E-state index is -2.37. The van der Waals surface area contributed by atoms with Crippen LogP contribution >= 0.6 is 0 Å². The first-order valence-corrected chi connectivity index (χ1v) is 11.3. The first-order valence-electron chi connectivity index (χ1n) is 11.3. The van der Waals surface area contributed by atoms with Crippen molar-refractivity contribution in [2.75, 3.05) is 0 Å². The van der Waals surface area contributed by atoms with Crippen molar-refractivity contribution in [3.05, 3.63) is 0 Å². The molecule has 4 aliphatic rings. The van der Waals surface area contributed by atoms with E-state index in [1.165, 1.54) is 44.9 Å². The molecule has 0 spiro atoms. The van der Waals surface area contributed by atoms with Crippen molar-refractivity contribution < 1.29 is 8.78 Å². The Hall–Kier alpha value is -0.140. The van der Waals surface area contributed by atoms with Crippen molar-refractivity contribution in [3.63, 3.8) is 0 Å². The number of alkyl halides is 2. The lowest BCUT2D eigenvalue weighted by molar-refractivity contribution is -0.137. The Bertz CT molecular complexity index is 445. The predicted molar refractivity (Wildman–Crippen MR) is 102 cm³/mol. The number of rotatable bonds is 2. The molecule has 5 unspecified atom stereocenters. The molecule has 7 atom stereocenters. The summed E-state index contributed by atoms with van der Waals surface area (Å²) in [6, 6.07) is 0. The molecule has 4 saturated carbocycles. The number of hydrogen-bond donors (Lipinski definition) is 0. The maximum absolute atomic E-state index is 14.0. The third kappa shape index (κ3) is 3.53. The van der Waals surface area contributed by atoms with Crippen molar-refractivity contribution in [1.29, 1.82) is 0 Å². The predicted octanol–water partition coefficient (Wildman–Crippen LogP) is 7.72. The number of fused-ring (bicyclic) bond motifs is 5. The average molecular weight is 355 g/mol. The van der Waals surface area contributed by atoms with Crippen LogP contribution in [-0.2, 0) is 0 Å². The second-order valence-electron chi connectivity index (χ2n) is 9.74. The first-order chi connectivity index (χ1) is 11.9. The topological polar surface area (TPSA) is 0 Å². The molecule has 0 heterocycles. The minimum absolute atomic E-state index is 0.164. The molecule has 0 radical (unpaired) electrons. The lowest BCUT2D eigenvalue weighted by Crippen LogP contribution is -2.52. The van der Waals surface area contributed by atoms with E-state index in [1.807, 2.05) is 13.8 Å². The lowest BCUT2D eigenvalue weighted by Gasteiger charge is -2.58. The number of halogens is 2. The van der Waals surface area contributed by atoms with Gasteiger partial charge in [-0.2, -0.15) is 0 Å². The molecule has 0 amide bonds. The summed E-state index contributed by atoms with van der Waals surface area (Å²) in [5.41, 5.74) is 0.582. The van der Waals surface area contributed by atoms with Crippen LogP contribution in [-0.4, -0.2) is 5.92 Å². The van der Waals surface area contributed by atoms with E-state index in [4.69, 9.17) is 0 Å². The van der Waals surface area contributed by atoms with Gasteiger partial charge < -0.3 is 0 Å². The van der Waals surface area contributed by atoms with Gasteiger partial charge in [-0.15, -0.1) is 0 Å². The quantitative estimate of drug-likeness (QED) is 0.476. The Morgan fingerprint density at radius 3 is 2.40 bits per heavy atom. The van der Waals surface area contributed by atoms with E-state index in [0.29, 0.717) is 17.3 Å². The Labute approximate surface area is 154 Å². The Morgan fingerprint density at radius 1 is 0.960 bits per heavy atom. The van der Waals surface area contributed by atoms with Crippen molar-refractivity contribution in [1.82, 2.24) is 0 Å². The Kier molecular flexibility index (Phi) is 5.86. The highest BCUT2D eigenvalue weighted by atomic mass is 19.3. The number of hydrogen-bond acceptors (Lipinski definition) is 0. The van der Waals surface area contributed by atoms with E-state index in [0.717, 1.165) is 36.5 Å². The SMILES string of the molecule is CC.CCC[C@@H]1CC2CC(F)(F)CCC2C2CCC3(C)CCC[C@H]3C21. The summed E-state index contributed by atoms with van der Waals surface area (Å²) < 4.78 is 28.0. The maximum Gasteiger partial charge on any atom is 0.248 e. The molecule has 0 saturated heterocycles. The summed E-state index contributed by atoms with van der Waals surface area (Å²) in [5.74, 6) is 1.85. The molecule has 0 N–H and O–H groups in total. The van der Waals surface area contributed by atoms with Crippen molar-refractivity contribution in [2.24, 2.45) is 40.9 Å². The molecule has 0 aromatic carbocycles. The zero-order valence-corrected chi connectivity index (χ0v) is 17.0. The average Bonchev–Trinajstić information content (AvgIpc) is 2.97. The Balaban J connectivity index is 0.000000880. The highest BCUT2D eigenvalue weighted by molar-refractivity contribution is 5.06. The van der Waals surface area contributed by atoms with Crippen LogP contribution in [0.3, 0.4) is 0 Å². The molecule has 4 aliphatic carbocycles. The van der Waals surface area contributed by atoms with E-state index in [9.17, 15) is 8.78 Å². The normalized spacial score (nSPS) is 47.8. The van der Waals surface area contributed by atoms with Crippen LogP contribution in [0.1, 0.15) is 98.3 Å². The molecule has 0 bridgehead atoms. The van der Waals surface area contributed by atoms with Gasteiger partial charge in [-0.3, -0.25) is 0 Å². The van der Waals surface area contributed by atoms with E-state index in [2.05, 4.69) is 13.8 Å². The molecule has 0 aliphatic heterocycles. The van der Waals surface area contributed by atoms with Gasteiger partial charge in [-0.1, -0.05) is 47.0 Å². The molecule has 4 rings (SSSR count). The summed E-state index contributed by atoms with van der Waals surface area (Å²) in [5, 5.41) is 0. The van der Waals surface area contributed by atoms with Gasteiger partial charge in [0.05, 0.1) is 0 Å².